The van der Waals surface area contributed by atoms with Crippen molar-refractivity contribution in [1.29, 1.82) is 0 Å². The largest absolute Gasteiger partial charge is 0.381 e. The van der Waals surface area contributed by atoms with Gasteiger partial charge in [-0.05, 0) is 43.9 Å². The van der Waals surface area contributed by atoms with Crippen LogP contribution in [-0.4, -0.2) is 43.0 Å². The first-order chi connectivity index (χ1) is 13.2. The first-order valence-corrected chi connectivity index (χ1v) is 9.93. The first-order valence-electron chi connectivity index (χ1n) is 9.93. The number of piperidine rings is 1. The number of ether oxygens (including phenoxy) is 1. The molecular formula is C23H26FNO2. The summed E-state index contributed by atoms with van der Waals surface area (Å²) in [5, 5.41) is 0. The molecule has 0 N–H and O–H groups in total. The van der Waals surface area contributed by atoms with Crippen molar-refractivity contribution in [3.05, 3.63) is 59.9 Å². The number of benzene rings is 2. The van der Waals surface area contributed by atoms with Crippen LogP contribution < -0.4 is 0 Å². The van der Waals surface area contributed by atoms with Gasteiger partial charge in [0.25, 0.3) is 0 Å². The maximum Gasteiger partial charge on any atom is 0.167 e. The number of Topliss-reactive ketones (excluding diaryl/α,β-unsaturated/α-hetero) is 1. The zero-order chi connectivity index (χ0) is 18.6. The Labute approximate surface area is 160 Å². The van der Waals surface area contributed by atoms with Crippen molar-refractivity contribution >= 4 is 5.78 Å². The normalized spacial score (nSPS) is 21.9. The summed E-state index contributed by atoms with van der Waals surface area (Å²) >= 11 is 0. The molecule has 27 heavy (non-hydrogen) atoms. The fraction of sp³-hybridized carbons (Fsp3) is 0.435. The van der Waals surface area contributed by atoms with Crippen LogP contribution in [0.25, 0.3) is 11.1 Å². The number of ketones is 1. The van der Waals surface area contributed by atoms with E-state index >= 15 is 0 Å². The predicted molar refractivity (Wildman–Crippen MR) is 104 cm³/mol. The molecule has 0 aromatic heterocycles. The third-order valence-corrected chi connectivity index (χ3v) is 5.87. The topological polar surface area (TPSA) is 29.5 Å². The Morgan fingerprint density at radius 3 is 2.56 bits per heavy atom. The van der Waals surface area contributed by atoms with Crippen molar-refractivity contribution in [3.8, 4) is 11.1 Å². The van der Waals surface area contributed by atoms with Crippen LogP contribution >= 0.6 is 0 Å². The highest BCUT2D eigenvalue weighted by atomic mass is 19.1. The molecule has 4 heteroatoms. The lowest BCUT2D eigenvalue weighted by Crippen LogP contribution is -2.46. The molecule has 2 aromatic rings. The highest BCUT2D eigenvalue weighted by molar-refractivity contribution is 5.98. The maximum absolute atomic E-state index is 14.7. The van der Waals surface area contributed by atoms with E-state index in [9.17, 15) is 9.18 Å². The minimum Gasteiger partial charge on any atom is -0.381 e. The van der Waals surface area contributed by atoms with Gasteiger partial charge in [-0.3, -0.25) is 9.69 Å². The Morgan fingerprint density at radius 1 is 1.04 bits per heavy atom. The van der Waals surface area contributed by atoms with Gasteiger partial charge in [-0.15, -0.1) is 0 Å². The van der Waals surface area contributed by atoms with E-state index < -0.39 is 0 Å². The van der Waals surface area contributed by atoms with Gasteiger partial charge in [-0.25, -0.2) is 4.39 Å². The molecule has 2 fully saturated rings. The third kappa shape index (κ3) is 4.12. The van der Waals surface area contributed by atoms with Gasteiger partial charge in [0.1, 0.15) is 5.82 Å². The molecule has 0 spiro atoms. The molecule has 0 aliphatic carbocycles. The quantitative estimate of drug-likeness (QED) is 0.742. The summed E-state index contributed by atoms with van der Waals surface area (Å²) in [5.41, 5.74) is 1.86. The number of likely N-dealkylation sites (tertiary alicyclic amines) is 1. The lowest BCUT2D eigenvalue weighted by molar-refractivity contribution is 0.0183. The minimum atomic E-state index is -0.329. The van der Waals surface area contributed by atoms with Crippen LogP contribution in [0.1, 0.15) is 36.0 Å². The summed E-state index contributed by atoms with van der Waals surface area (Å²) < 4.78 is 20.1. The predicted octanol–water partition coefficient (Wildman–Crippen LogP) is 4.57. The summed E-state index contributed by atoms with van der Waals surface area (Å²) in [4.78, 5) is 15.5. The molecule has 0 radical (unpaired) electrons. The average molecular weight is 367 g/mol. The molecule has 0 saturated carbocycles. The molecule has 3 nitrogen and oxygen atoms in total. The molecule has 0 unspecified atom stereocenters. The number of hydrogen-bond donors (Lipinski definition) is 0. The standard InChI is InChI=1S/C23H26FNO2/c24-22-15-18(8-9-21(22)17-5-2-1-3-6-17)23(26)19-7-4-12-25(16-19)20-10-13-27-14-11-20/h1-3,5-6,8-9,15,19-20H,4,7,10-14,16H2/t19-/m0/s1. The number of rotatable bonds is 4. The number of halogens is 1. The van der Waals surface area contributed by atoms with Gasteiger partial charge in [0.2, 0.25) is 0 Å². The van der Waals surface area contributed by atoms with Crippen LogP contribution in [-0.2, 0) is 4.74 Å². The fourth-order valence-corrected chi connectivity index (χ4v) is 4.36. The zero-order valence-corrected chi connectivity index (χ0v) is 15.6. The molecule has 2 heterocycles. The summed E-state index contributed by atoms with van der Waals surface area (Å²) in [5.74, 6) is -0.294. The molecule has 2 aliphatic rings. The van der Waals surface area contributed by atoms with Crippen LogP contribution in [0.3, 0.4) is 0 Å². The van der Waals surface area contributed by atoms with E-state index in [0.717, 1.165) is 57.6 Å². The Balaban J connectivity index is 1.48. The van der Waals surface area contributed by atoms with Gasteiger partial charge >= 0.3 is 0 Å². The van der Waals surface area contributed by atoms with Gasteiger partial charge in [-0.2, -0.15) is 0 Å². The Kier molecular flexibility index (Phi) is 5.65. The van der Waals surface area contributed by atoms with E-state index in [1.807, 2.05) is 30.3 Å². The summed E-state index contributed by atoms with van der Waals surface area (Å²) in [7, 11) is 0. The third-order valence-electron chi connectivity index (χ3n) is 5.87. The molecule has 2 saturated heterocycles. The van der Waals surface area contributed by atoms with E-state index in [2.05, 4.69) is 4.90 Å². The lowest BCUT2D eigenvalue weighted by Gasteiger charge is -2.39. The van der Waals surface area contributed by atoms with Crippen molar-refractivity contribution in [2.75, 3.05) is 26.3 Å². The molecule has 1 atom stereocenters. The molecule has 0 bridgehead atoms. The van der Waals surface area contributed by atoms with E-state index in [1.165, 1.54) is 6.07 Å². The second kappa shape index (κ2) is 8.32. The number of carbonyl (C=O) groups is 1. The van der Waals surface area contributed by atoms with E-state index in [1.54, 1.807) is 12.1 Å². The average Bonchev–Trinajstić information content (AvgIpc) is 2.74. The Morgan fingerprint density at radius 2 is 1.81 bits per heavy atom. The fourth-order valence-electron chi connectivity index (χ4n) is 4.36. The Hall–Kier alpha value is -2.04. The van der Waals surface area contributed by atoms with Gasteiger partial charge in [0.05, 0.1) is 0 Å². The molecule has 4 rings (SSSR count). The van der Waals surface area contributed by atoms with E-state index in [-0.39, 0.29) is 17.5 Å². The van der Waals surface area contributed by atoms with Gasteiger partial charge in [0, 0.05) is 42.8 Å². The molecule has 2 aromatic carbocycles. The van der Waals surface area contributed by atoms with Crippen molar-refractivity contribution in [2.45, 2.75) is 31.7 Å². The number of nitrogens with zero attached hydrogens (tertiary/aromatic N) is 1. The highest BCUT2D eigenvalue weighted by Gasteiger charge is 2.31. The van der Waals surface area contributed by atoms with Crippen LogP contribution in [0, 0.1) is 11.7 Å². The highest BCUT2D eigenvalue weighted by Crippen LogP contribution is 2.28. The maximum atomic E-state index is 14.7. The summed E-state index contributed by atoms with van der Waals surface area (Å²) in [6.07, 6.45) is 4.00. The molecule has 2 aliphatic heterocycles. The van der Waals surface area contributed by atoms with Crippen LogP contribution in [0.4, 0.5) is 4.39 Å². The van der Waals surface area contributed by atoms with Crippen molar-refractivity contribution < 1.29 is 13.9 Å². The minimum absolute atomic E-state index is 0.0384. The molecule has 0 amide bonds. The molecular weight excluding hydrogens is 341 g/mol. The van der Waals surface area contributed by atoms with Crippen LogP contribution in [0.5, 0.6) is 0 Å². The number of carbonyl (C=O) groups excluding carboxylic acids is 1. The molecule has 142 valence electrons. The Bertz CT molecular complexity index is 786. The monoisotopic (exact) mass is 367 g/mol. The van der Waals surface area contributed by atoms with E-state index in [0.29, 0.717) is 17.2 Å². The SMILES string of the molecule is O=C(c1ccc(-c2ccccc2)c(F)c1)[C@H]1CCCN(C2CCOCC2)C1. The van der Waals surface area contributed by atoms with Crippen molar-refractivity contribution in [2.24, 2.45) is 5.92 Å². The first kappa shape index (κ1) is 18.3. The number of hydrogen-bond acceptors (Lipinski definition) is 3. The van der Waals surface area contributed by atoms with Crippen LogP contribution in [0.15, 0.2) is 48.5 Å². The van der Waals surface area contributed by atoms with Gasteiger partial charge in [-0.1, -0.05) is 42.5 Å². The van der Waals surface area contributed by atoms with Crippen molar-refractivity contribution in [3.63, 3.8) is 0 Å². The van der Waals surface area contributed by atoms with Crippen molar-refractivity contribution in [1.82, 2.24) is 4.90 Å². The van der Waals surface area contributed by atoms with E-state index in [4.69, 9.17) is 4.74 Å². The lowest BCUT2D eigenvalue weighted by atomic mass is 9.88. The summed E-state index contributed by atoms with van der Waals surface area (Å²) in [6.45, 7) is 3.46. The second-order valence-electron chi connectivity index (χ2n) is 7.60. The zero-order valence-electron chi connectivity index (χ0n) is 15.6. The second-order valence-corrected chi connectivity index (χ2v) is 7.60. The van der Waals surface area contributed by atoms with Crippen LogP contribution in [0.2, 0.25) is 0 Å². The summed E-state index contributed by atoms with van der Waals surface area (Å²) in [6, 6.07) is 14.9. The smallest absolute Gasteiger partial charge is 0.167 e. The van der Waals surface area contributed by atoms with Gasteiger partial charge in [0.15, 0.2) is 5.78 Å². The van der Waals surface area contributed by atoms with Gasteiger partial charge < -0.3 is 4.74 Å².